The summed E-state index contributed by atoms with van der Waals surface area (Å²) in [4.78, 5) is 19.7. The Morgan fingerprint density at radius 3 is 2.80 bits per heavy atom. The molecule has 2 aromatic heterocycles. The van der Waals surface area contributed by atoms with Crippen molar-refractivity contribution in [2.45, 2.75) is 6.92 Å². The van der Waals surface area contributed by atoms with Crippen molar-refractivity contribution in [1.82, 2.24) is 19.7 Å². The maximum absolute atomic E-state index is 11.7. The van der Waals surface area contributed by atoms with Gasteiger partial charge in [0.05, 0.1) is 0 Å². The van der Waals surface area contributed by atoms with Crippen LogP contribution in [0.1, 0.15) is 5.69 Å². The van der Waals surface area contributed by atoms with Crippen LogP contribution >= 0.6 is 11.6 Å². The molecule has 5 nitrogen and oxygen atoms in total. The lowest BCUT2D eigenvalue weighted by Crippen LogP contribution is -2.13. The quantitative estimate of drug-likeness (QED) is 0.739. The largest absolute Gasteiger partial charge is 0.299 e. The van der Waals surface area contributed by atoms with Gasteiger partial charge in [0.2, 0.25) is 0 Å². The van der Waals surface area contributed by atoms with Gasteiger partial charge >= 0.3 is 0 Å². The van der Waals surface area contributed by atoms with Crippen LogP contribution in [-0.2, 0) is 7.05 Å². The zero-order valence-corrected chi connectivity index (χ0v) is 9.04. The number of rotatable bonds is 1. The number of aromatic nitrogens is 4. The van der Waals surface area contributed by atoms with Crippen molar-refractivity contribution in [1.29, 1.82) is 0 Å². The van der Waals surface area contributed by atoms with Gasteiger partial charge in [0.1, 0.15) is 10.7 Å². The minimum Gasteiger partial charge on any atom is -0.299 e. The summed E-state index contributed by atoms with van der Waals surface area (Å²) < 4.78 is 1.38. The summed E-state index contributed by atoms with van der Waals surface area (Å²) in [5.41, 5.74) is 1.03. The van der Waals surface area contributed by atoms with Gasteiger partial charge in [0.15, 0.2) is 5.82 Å². The number of aromatic amines is 1. The van der Waals surface area contributed by atoms with Crippen molar-refractivity contribution >= 4 is 11.6 Å². The van der Waals surface area contributed by atoms with Crippen LogP contribution in [0.5, 0.6) is 0 Å². The van der Waals surface area contributed by atoms with E-state index in [0.717, 1.165) is 5.69 Å². The summed E-state index contributed by atoms with van der Waals surface area (Å²) in [5.74, 6) is 0.349. The highest BCUT2D eigenvalue weighted by atomic mass is 35.5. The van der Waals surface area contributed by atoms with Crippen molar-refractivity contribution in [2.75, 3.05) is 0 Å². The van der Waals surface area contributed by atoms with Crippen LogP contribution in [0.4, 0.5) is 0 Å². The summed E-state index contributed by atoms with van der Waals surface area (Å²) in [6, 6.07) is 1.57. The normalized spacial score (nSPS) is 10.6. The molecule has 0 atom stereocenters. The molecule has 6 heteroatoms. The average molecular weight is 225 g/mol. The molecule has 2 rings (SSSR count). The van der Waals surface area contributed by atoms with Crippen LogP contribution in [0.2, 0.25) is 5.15 Å². The first-order chi connectivity index (χ1) is 7.09. The van der Waals surface area contributed by atoms with Crippen LogP contribution in [-0.4, -0.2) is 19.7 Å². The number of aryl methyl sites for hydroxylation is 2. The van der Waals surface area contributed by atoms with E-state index in [2.05, 4.69) is 15.1 Å². The highest BCUT2D eigenvalue weighted by Crippen LogP contribution is 2.14. The third kappa shape index (κ3) is 1.66. The fourth-order valence-corrected chi connectivity index (χ4v) is 1.54. The lowest BCUT2D eigenvalue weighted by atomic mass is 10.2. The minimum atomic E-state index is -0.158. The number of H-pyrrole nitrogens is 1. The molecule has 0 aliphatic carbocycles. The lowest BCUT2D eigenvalue weighted by molar-refractivity contribution is 0.731. The van der Waals surface area contributed by atoms with E-state index in [1.165, 1.54) is 10.9 Å². The van der Waals surface area contributed by atoms with Gasteiger partial charge in [-0.1, -0.05) is 11.6 Å². The molecular formula is C9H9ClN4O. The van der Waals surface area contributed by atoms with Crippen LogP contribution in [0, 0.1) is 6.92 Å². The Morgan fingerprint density at radius 2 is 2.27 bits per heavy atom. The highest BCUT2D eigenvalue weighted by molar-refractivity contribution is 6.29. The second-order valence-corrected chi connectivity index (χ2v) is 3.57. The molecule has 1 N–H and O–H groups in total. The van der Waals surface area contributed by atoms with E-state index in [9.17, 15) is 4.79 Å². The smallest absolute Gasteiger partial charge is 0.277 e. The number of hydrogen-bond donors (Lipinski definition) is 1. The molecule has 0 unspecified atom stereocenters. The molecule has 0 saturated heterocycles. The summed E-state index contributed by atoms with van der Waals surface area (Å²) in [7, 11) is 1.64. The van der Waals surface area contributed by atoms with E-state index >= 15 is 0 Å². The van der Waals surface area contributed by atoms with Gasteiger partial charge in [-0.05, 0) is 13.0 Å². The first-order valence-electron chi connectivity index (χ1n) is 4.34. The monoisotopic (exact) mass is 224 g/mol. The molecular weight excluding hydrogens is 216 g/mol. The van der Waals surface area contributed by atoms with Crippen molar-refractivity contribution in [2.24, 2.45) is 7.05 Å². The molecule has 0 saturated carbocycles. The molecule has 2 aromatic rings. The fourth-order valence-electron chi connectivity index (χ4n) is 1.41. The van der Waals surface area contributed by atoms with E-state index < -0.39 is 0 Å². The zero-order valence-electron chi connectivity index (χ0n) is 8.28. The first-order valence-corrected chi connectivity index (χ1v) is 4.72. The molecule has 78 valence electrons. The molecule has 0 spiro atoms. The third-order valence-corrected chi connectivity index (χ3v) is 2.28. The average Bonchev–Trinajstić information content (AvgIpc) is 2.41. The Morgan fingerprint density at radius 1 is 1.53 bits per heavy atom. The number of hydrogen-bond acceptors (Lipinski definition) is 3. The van der Waals surface area contributed by atoms with E-state index in [1.54, 1.807) is 20.0 Å². The van der Waals surface area contributed by atoms with E-state index in [-0.39, 0.29) is 5.56 Å². The van der Waals surface area contributed by atoms with Crippen LogP contribution in [0.3, 0.4) is 0 Å². The molecule has 0 aliphatic rings. The maximum atomic E-state index is 11.7. The molecule has 0 radical (unpaired) electrons. The van der Waals surface area contributed by atoms with Crippen molar-refractivity contribution < 1.29 is 0 Å². The van der Waals surface area contributed by atoms with E-state index in [4.69, 9.17) is 11.6 Å². The van der Waals surface area contributed by atoms with Gasteiger partial charge in [0.25, 0.3) is 5.56 Å². The van der Waals surface area contributed by atoms with E-state index in [1.807, 2.05) is 0 Å². The minimum absolute atomic E-state index is 0.158. The molecule has 0 aromatic carbocycles. The van der Waals surface area contributed by atoms with Gasteiger partial charge in [-0.3, -0.25) is 14.6 Å². The predicted molar refractivity (Wildman–Crippen MR) is 56.8 cm³/mol. The second kappa shape index (κ2) is 3.51. The van der Waals surface area contributed by atoms with Gasteiger partial charge < -0.3 is 0 Å². The Labute approximate surface area is 90.7 Å². The second-order valence-electron chi connectivity index (χ2n) is 3.18. The topological polar surface area (TPSA) is 63.6 Å². The Hall–Kier alpha value is -1.62. The Bertz CT molecular complexity index is 557. The third-order valence-electron chi connectivity index (χ3n) is 2.07. The van der Waals surface area contributed by atoms with Crippen LogP contribution < -0.4 is 5.56 Å². The highest BCUT2D eigenvalue weighted by Gasteiger charge is 2.13. The van der Waals surface area contributed by atoms with E-state index in [0.29, 0.717) is 16.5 Å². The molecule has 0 fully saturated rings. The summed E-state index contributed by atoms with van der Waals surface area (Å²) in [6.45, 7) is 1.79. The number of nitrogens with one attached hydrogen (secondary N) is 1. The molecule has 0 bridgehead atoms. The summed E-state index contributed by atoms with van der Waals surface area (Å²) in [6.07, 6.45) is 1.52. The predicted octanol–water partition coefficient (Wildman–Crippen LogP) is 1.13. The Kier molecular flexibility index (Phi) is 2.32. The number of nitrogens with zero attached hydrogens (tertiary/aromatic N) is 3. The SMILES string of the molecule is Cc1[nH]n(C)c(=O)c1-c1nccc(Cl)n1. The number of halogens is 1. The summed E-state index contributed by atoms with van der Waals surface area (Å²) in [5, 5.41) is 3.20. The fraction of sp³-hybridized carbons (Fsp3) is 0.222. The lowest BCUT2D eigenvalue weighted by Gasteiger charge is -1.95. The molecule has 15 heavy (non-hydrogen) atoms. The van der Waals surface area contributed by atoms with Gasteiger partial charge in [-0.15, -0.1) is 0 Å². The van der Waals surface area contributed by atoms with Crippen molar-refractivity contribution in [3.8, 4) is 11.4 Å². The standard InChI is InChI=1S/C9H9ClN4O/c1-5-7(9(15)14(2)13-5)8-11-4-3-6(10)12-8/h3-4,13H,1-2H3. The van der Waals surface area contributed by atoms with Gasteiger partial charge in [-0.2, -0.15) is 0 Å². The molecule has 0 amide bonds. The maximum Gasteiger partial charge on any atom is 0.277 e. The zero-order chi connectivity index (χ0) is 11.0. The first kappa shape index (κ1) is 9.92. The molecule has 0 aliphatic heterocycles. The van der Waals surface area contributed by atoms with Gasteiger partial charge in [0, 0.05) is 18.9 Å². The summed E-state index contributed by atoms with van der Waals surface area (Å²) >= 11 is 5.74. The van der Waals surface area contributed by atoms with Crippen LogP contribution in [0.25, 0.3) is 11.4 Å². The van der Waals surface area contributed by atoms with Crippen LogP contribution in [0.15, 0.2) is 17.1 Å². The van der Waals surface area contributed by atoms with Crippen molar-refractivity contribution in [3.05, 3.63) is 33.5 Å². The van der Waals surface area contributed by atoms with Gasteiger partial charge in [-0.25, -0.2) is 9.97 Å². The Balaban J connectivity index is 2.69. The van der Waals surface area contributed by atoms with Crippen molar-refractivity contribution in [3.63, 3.8) is 0 Å². The molecule has 2 heterocycles.